The summed E-state index contributed by atoms with van der Waals surface area (Å²) in [5.41, 5.74) is 2.87. The summed E-state index contributed by atoms with van der Waals surface area (Å²) in [6.45, 7) is 1.59. The summed E-state index contributed by atoms with van der Waals surface area (Å²) in [6, 6.07) is 5.93. The van der Waals surface area contributed by atoms with Gasteiger partial charge in [0.25, 0.3) is 0 Å². The highest BCUT2D eigenvalue weighted by molar-refractivity contribution is 6.00. The van der Waals surface area contributed by atoms with Crippen molar-refractivity contribution < 1.29 is 19.1 Å². The molecule has 1 aromatic rings. The molecule has 2 amide bonds. The molecular weight excluding hydrogens is 320 g/mol. The third-order valence-electron chi connectivity index (χ3n) is 5.58. The van der Waals surface area contributed by atoms with E-state index < -0.39 is 5.79 Å². The van der Waals surface area contributed by atoms with E-state index in [9.17, 15) is 9.59 Å². The van der Waals surface area contributed by atoms with E-state index in [4.69, 9.17) is 9.47 Å². The van der Waals surface area contributed by atoms with Gasteiger partial charge in [0, 0.05) is 37.2 Å². The Labute approximate surface area is 147 Å². The highest BCUT2D eigenvalue weighted by atomic mass is 16.7. The number of fused-ring (bicyclic) bond motifs is 1. The Bertz CT molecular complexity index is 693. The Morgan fingerprint density at radius 3 is 2.76 bits per heavy atom. The number of carbonyl (C=O) groups is 2. The van der Waals surface area contributed by atoms with Crippen LogP contribution in [-0.4, -0.2) is 38.6 Å². The van der Waals surface area contributed by atoms with E-state index in [-0.39, 0.29) is 17.7 Å². The van der Waals surface area contributed by atoms with E-state index in [1.165, 1.54) is 0 Å². The predicted octanol–water partition coefficient (Wildman–Crippen LogP) is 1.71. The number of ether oxygens (including phenoxy) is 2. The maximum atomic E-state index is 12.0. The van der Waals surface area contributed by atoms with Gasteiger partial charge in [-0.3, -0.25) is 9.59 Å². The highest BCUT2D eigenvalue weighted by Crippen LogP contribution is 2.38. The Morgan fingerprint density at radius 2 is 2.08 bits per heavy atom. The average Bonchev–Trinajstić information content (AvgIpc) is 3.12. The van der Waals surface area contributed by atoms with Crippen LogP contribution < -0.4 is 10.2 Å². The van der Waals surface area contributed by atoms with Crippen LogP contribution in [0.3, 0.4) is 0 Å². The molecule has 3 aliphatic rings. The maximum Gasteiger partial charge on any atom is 0.231 e. The normalized spacial score (nSPS) is 22.0. The second-order valence-electron chi connectivity index (χ2n) is 7.09. The molecule has 6 heteroatoms. The number of rotatable bonds is 5. The number of benzene rings is 1. The number of nitrogens with one attached hydrogen (secondary N) is 1. The Balaban J connectivity index is 1.48. The summed E-state index contributed by atoms with van der Waals surface area (Å²) in [7, 11) is 1.79. The third-order valence-corrected chi connectivity index (χ3v) is 5.58. The van der Waals surface area contributed by atoms with Crippen molar-refractivity contribution in [1.29, 1.82) is 0 Å². The first-order chi connectivity index (χ1) is 12.1. The molecule has 25 heavy (non-hydrogen) atoms. The van der Waals surface area contributed by atoms with Gasteiger partial charge in [0.1, 0.15) is 0 Å². The van der Waals surface area contributed by atoms with Crippen molar-refractivity contribution in [2.24, 2.45) is 5.92 Å². The molecule has 1 aromatic carbocycles. The summed E-state index contributed by atoms with van der Waals surface area (Å²) in [4.78, 5) is 25.6. The number of anilines is 1. The first kappa shape index (κ1) is 16.5. The summed E-state index contributed by atoms with van der Waals surface area (Å²) in [5.74, 6) is -0.405. The van der Waals surface area contributed by atoms with Crippen LogP contribution >= 0.6 is 0 Å². The van der Waals surface area contributed by atoms with Gasteiger partial charge in [-0.15, -0.1) is 0 Å². The fourth-order valence-electron chi connectivity index (χ4n) is 3.78. The molecule has 1 aliphatic carbocycles. The lowest BCUT2D eigenvalue weighted by atomic mass is 9.85. The molecule has 6 nitrogen and oxygen atoms in total. The van der Waals surface area contributed by atoms with Gasteiger partial charge in [-0.05, 0) is 30.5 Å². The lowest BCUT2D eigenvalue weighted by Gasteiger charge is -2.29. The molecule has 2 heterocycles. The van der Waals surface area contributed by atoms with Crippen molar-refractivity contribution >= 4 is 17.5 Å². The van der Waals surface area contributed by atoms with Crippen molar-refractivity contribution in [3.8, 4) is 0 Å². The number of amides is 2. The van der Waals surface area contributed by atoms with E-state index >= 15 is 0 Å². The smallest absolute Gasteiger partial charge is 0.231 e. The van der Waals surface area contributed by atoms with Crippen LogP contribution in [0.1, 0.15) is 36.8 Å². The third kappa shape index (κ3) is 2.93. The number of nitrogens with zero attached hydrogens (tertiary/aromatic N) is 1. The van der Waals surface area contributed by atoms with Gasteiger partial charge in [0.05, 0.1) is 19.6 Å². The van der Waals surface area contributed by atoms with Crippen LogP contribution in [0.25, 0.3) is 0 Å². The van der Waals surface area contributed by atoms with Gasteiger partial charge < -0.3 is 19.7 Å². The van der Waals surface area contributed by atoms with Gasteiger partial charge in [-0.25, -0.2) is 0 Å². The number of likely N-dealkylation sites (N-methyl/N-ethyl adjacent to an activating group) is 1. The highest BCUT2D eigenvalue weighted by Gasteiger charge is 2.39. The van der Waals surface area contributed by atoms with Crippen LogP contribution in [0, 0.1) is 5.92 Å². The van der Waals surface area contributed by atoms with Crippen molar-refractivity contribution in [2.45, 2.75) is 37.9 Å². The molecular formula is C19H24N2O4. The standard InChI is InChI=1S/C19H24N2O4/c1-21-16-6-5-15(11-14(16)12-17(21)22)19(24-9-10-25-19)7-8-20-18(23)13-3-2-4-13/h5-6,11,13H,2-4,7-10,12H2,1H3,(H,20,23). The molecule has 1 N–H and O–H groups in total. The van der Waals surface area contributed by atoms with Gasteiger partial charge in [0.2, 0.25) is 11.8 Å². The molecule has 2 fully saturated rings. The van der Waals surface area contributed by atoms with Crippen molar-refractivity contribution in [2.75, 3.05) is 31.7 Å². The zero-order valence-corrected chi connectivity index (χ0v) is 14.5. The van der Waals surface area contributed by atoms with Crippen LogP contribution in [-0.2, 0) is 31.3 Å². The molecule has 2 aliphatic heterocycles. The molecule has 0 radical (unpaired) electrons. The van der Waals surface area contributed by atoms with E-state index in [0.717, 1.165) is 36.1 Å². The first-order valence-electron chi connectivity index (χ1n) is 9.05. The Hall–Kier alpha value is -1.92. The van der Waals surface area contributed by atoms with Crippen LogP contribution in [0.2, 0.25) is 0 Å². The molecule has 0 spiro atoms. The minimum absolute atomic E-state index is 0.0993. The SMILES string of the molecule is CN1C(=O)Cc2cc(C3(CCNC(=O)C4CCC4)OCCO3)ccc21. The minimum Gasteiger partial charge on any atom is -0.356 e. The molecule has 0 atom stereocenters. The van der Waals surface area contributed by atoms with E-state index in [2.05, 4.69) is 5.32 Å². The van der Waals surface area contributed by atoms with Gasteiger partial charge in [0.15, 0.2) is 5.79 Å². The Kier molecular flexibility index (Phi) is 4.25. The fourth-order valence-corrected chi connectivity index (χ4v) is 3.78. The van der Waals surface area contributed by atoms with Crippen molar-refractivity contribution in [3.63, 3.8) is 0 Å². The molecule has 0 unspecified atom stereocenters. The molecule has 1 saturated carbocycles. The minimum atomic E-state index is -0.827. The van der Waals surface area contributed by atoms with E-state index in [1.807, 2.05) is 18.2 Å². The van der Waals surface area contributed by atoms with Crippen molar-refractivity contribution in [1.82, 2.24) is 5.32 Å². The molecule has 1 saturated heterocycles. The largest absolute Gasteiger partial charge is 0.356 e. The van der Waals surface area contributed by atoms with Crippen molar-refractivity contribution in [3.05, 3.63) is 29.3 Å². The second-order valence-corrected chi connectivity index (χ2v) is 7.09. The number of carbonyl (C=O) groups excluding carboxylic acids is 2. The Morgan fingerprint density at radius 1 is 1.32 bits per heavy atom. The predicted molar refractivity (Wildman–Crippen MR) is 92.1 cm³/mol. The van der Waals surface area contributed by atoms with Gasteiger partial charge in [-0.1, -0.05) is 12.5 Å². The topological polar surface area (TPSA) is 67.9 Å². The van der Waals surface area contributed by atoms with Gasteiger partial charge in [-0.2, -0.15) is 0 Å². The lowest BCUT2D eigenvalue weighted by Crippen LogP contribution is -2.38. The summed E-state index contributed by atoms with van der Waals surface area (Å²) in [5, 5.41) is 3.01. The van der Waals surface area contributed by atoms with Crippen LogP contribution in [0.5, 0.6) is 0 Å². The van der Waals surface area contributed by atoms with Crippen LogP contribution in [0.4, 0.5) is 5.69 Å². The number of hydrogen-bond acceptors (Lipinski definition) is 4. The number of hydrogen-bond donors (Lipinski definition) is 1. The zero-order valence-electron chi connectivity index (χ0n) is 14.5. The first-order valence-corrected chi connectivity index (χ1v) is 9.05. The quantitative estimate of drug-likeness (QED) is 0.883. The summed E-state index contributed by atoms with van der Waals surface area (Å²) in [6.07, 6.45) is 4.12. The molecule has 134 valence electrons. The maximum absolute atomic E-state index is 12.0. The summed E-state index contributed by atoms with van der Waals surface area (Å²) < 4.78 is 11.9. The average molecular weight is 344 g/mol. The van der Waals surface area contributed by atoms with E-state index in [0.29, 0.717) is 32.6 Å². The monoisotopic (exact) mass is 344 g/mol. The zero-order chi connectivity index (χ0) is 17.4. The molecule has 0 bridgehead atoms. The van der Waals surface area contributed by atoms with E-state index in [1.54, 1.807) is 11.9 Å². The second kappa shape index (κ2) is 6.42. The molecule has 0 aromatic heterocycles. The fraction of sp³-hybridized carbons (Fsp3) is 0.579. The molecule has 4 rings (SSSR count). The van der Waals surface area contributed by atoms with Gasteiger partial charge >= 0.3 is 0 Å². The summed E-state index contributed by atoms with van der Waals surface area (Å²) >= 11 is 0. The lowest BCUT2D eigenvalue weighted by molar-refractivity contribution is -0.170. The van der Waals surface area contributed by atoms with Crippen LogP contribution in [0.15, 0.2) is 18.2 Å².